The summed E-state index contributed by atoms with van der Waals surface area (Å²) < 4.78 is 5.07. The standard InChI is InChI=1S/C23H24ClNO5/c1-3-14-5-7-15(8-6-14)21(27)19-20(16-9-10-18(26)17(24)13-16)25(11-4-12-30-2)23(29)22(19)28/h5-10,13,20,26-27H,3-4,11-12H2,1-2H3/b21-19-. The number of ketones is 1. The Morgan fingerprint density at radius 1 is 1.17 bits per heavy atom. The smallest absolute Gasteiger partial charge is 0.295 e. The Balaban J connectivity index is 2.12. The third kappa shape index (κ3) is 4.20. The summed E-state index contributed by atoms with van der Waals surface area (Å²) >= 11 is 6.08. The van der Waals surface area contributed by atoms with Gasteiger partial charge in [0.1, 0.15) is 11.5 Å². The van der Waals surface area contributed by atoms with Gasteiger partial charge in [0.2, 0.25) is 0 Å². The van der Waals surface area contributed by atoms with Gasteiger partial charge >= 0.3 is 0 Å². The first kappa shape index (κ1) is 21.9. The van der Waals surface area contributed by atoms with Crippen molar-refractivity contribution in [1.29, 1.82) is 0 Å². The lowest BCUT2D eigenvalue weighted by molar-refractivity contribution is -0.140. The fourth-order valence-corrected chi connectivity index (χ4v) is 3.77. The number of aromatic hydroxyl groups is 1. The highest BCUT2D eigenvalue weighted by atomic mass is 35.5. The van der Waals surface area contributed by atoms with Crippen LogP contribution in [0.5, 0.6) is 5.75 Å². The third-order valence-corrected chi connectivity index (χ3v) is 5.51. The average molecular weight is 430 g/mol. The van der Waals surface area contributed by atoms with Gasteiger partial charge in [-0.15, -0.1) is 0 Å². The van der Waals surface area contributed by atoms with Crippen LogP contribution in [-0.2, 0) is 20.7 Å². The van der Waals surface area contributed by atoms with E-state index in [1.807, 2.05) is 19.1 Å². The van der Waals surface area contributed by atoms with Crippen molar-refractivity contribution in [3.05, 3.63) is 69.8 Å². The Kier molecular flexibility index (Phi) is 6.80. The number of aliphatic hydroxyl groups is 1. The van der Waals surface area contributed by atoms with E-state index in [-0.39, 0.29) is 28.6 Å². The van der Waals surface area contributed by atoms with Gasteiger partial charge < -0.3 is 19.8 Å². The first-order valence-electron chi connectivity index (χ1n) is 9.74. The molecule has 0 aromatic heterocycles. The van der Waals surface area contributed by atoms with Gasteiger partial charge in [0.25, 0.3) is 11.7 Å². The van der Waals surface area contributed by atoms with Crippen molar-refractivity contribution in [2.75, 3.05) is 20.3 Å². The molecule has 0 bridgehead atoms. The van der Waals surface area contributed by atoms with Crippen molar-refractivity contribution >= 4 is 29.1 Å². The molecule has 1 heterocycles. The zero-order chi connectivity index (χ0) is 21.8. The molecular weight excluding hydrogens is 406 g/mol. The second kappa shape index (κ2) is 9.32. The number of phenols is 1. The zero-order valence-corrected chi connectivity index (χ0v) is 17.6. The van der Waals surface area contributed by atoms with E-state index in [0.717, 1.165) is 12.0 Å². The molecule has 1 amide bonds. The molecule has 6 nitrogen and oxygen atoms in total. The van der Waals surface area contributed by atoms with Gasteiger partial charge in [-0.1, -0.05) is 48.9 Å². The second-order valence-corrected chi connectivity index (χ2v) is 7.51. The number of aryl methyl sites for hydroxylation is 1. The summed E-state index contributed by atoms with van der Waals surface area (Å²) in [5.41, 5.74) is 2.08. The molecule has 30 heavy (non-hydrogen) atoms. The maximum atomic E-state index is 12.9. The van der Waals surface area contributed by atoms with Crippen LogP contribution in [0.15, 0.2) is 48.0 Å². The molecule has 1 aliphatic rings. The van der Waals surface area contributed by atoms with Crippen molar-refractivity contribution in [2.45, 2.75) is 25.8 Å². The van der Waals surface area contributed by atoms with Crippen molar-refractivity contribution in [1.82, 2.24) is 4.90 Å². The summed E-state index contributed by atoms with van der Waals surface area (Å²) in [5, 5.41) is 20.9. The number of nitrogens with zero attached hydrogens (tertiary/aromatic N) is 1. The fourth-order valence-electron chi connectivity index (χ4n) is 3.58. The van der Waals surface area contributed by atoms with Crippen molar-refractivity contribution in [3.63, 3.8) is 0 Å². The summed E-state index contributed by atoms with van der Waals surface area (Å²) in [6, 6.07) is 10.9. The maximum Gasteiger partial charge on any atom is 0.295 e. The minimum absolute atomic E-state index is 0.00317. The molecule has 158 valence electrons. The van der Waals surface area contributed by atoms with E-state index in [4.69, 9.17) is 16.3 Å². The normalized spacial score (nSPS) is 18.2. The molecule has 2 N–H and O–H groups in total. The average Bonchev–Trinajstić information content (AvgIpc) is 3.00. The van der Waals surface area contributed by atoms with Gasteiger partial charge in [-0.25, -0.2) is 0 Å². The molecule has 1 aliphatic heterocycles. The van der Waals surface area contributed by atoms with Crippen LogP contribution in [0.25, 0.3) is 5.76 Å². The number of hydrogen-bond donors (Lipinski definition) is 2. The van der Waals surface area contributed by atoms with Crippen LogP contribution < -0.4 is 0 Å². The van der Waals surface area contributed by atoms with Crippen molar-refractivity contribution < 1.29 is 24.5 Å². The summed E-state index contributed by atoms with van der Waals surface area (Å²) in [6.45, 7) is 2.71. The number of carbonyl (C=O) groups excluding carboxylic acids is 2. The number of halogens is 1. The molecule has 1 atom stereocenters. The molecule has 0 spiro atoms. The molecule has 0 aliphatic carbocycles. The summed E-state index contributed by atoms with van der Waals surface area (Å²) in [6.07, 6.45) is 1.37. The van der Waals surface area contributed by atoms with Crippen LogP contribution >= 0.6 is 11.6 Å². The van der Waals surface area contributed by atoms with Crippen molar-refractivity contribution in [3.8, 4) is 5.75 Å². The highest BCUT2D eigenvalue weighted by Crippen LogP contribution is 2.41. The molecule has 0 saturated carbocycles. The quantitative estimate of drug-likeness (QED) is 0.300. The van der Waals surface area contributed by atoms with E-state index in [9.17, 15) is 19.8 Å². The number of ether oxygens (including phenoxy) is 1. The first-order valence-corrected chi connectivity index (χ1v) is 10.1. The van der Waals surface area contributed by atoms with Crippen LogP contribution in [0, 0.1) is 0 Å². The SMILES string of the molecule is CCc1ccc(/C(O)=C2/C(=O)C(=O)N(CCCOC)C2c2ccc(O)c(Cl)c2)cc1. The number of carbonyl (C=O) groups is 2. The van der Waals surface area contributed by atoms with E-state index in [1.165, 1.54) is 17.0 Å². The van der Waals surface area contributed by atoms with Crippen LogP contribution in [0.4, 0.5) is 0 Å². The van der Waals surface area contributed by atoms with E-state index >= 15 is 0 Å². The Morgan fingerprint density at radius 3 is 2.47 bits per heavy atom. The van der Waals surface area contributed by atoms with Gasteiger partial charge in [-0.3, -0.25) is 9.59 Å². The van der Waals surface area contributed by atoms with Gasteiger partial charge in [-0.05, 0) is 36.1 Å². The maximum absolute atomic E-state index is 12.9. The molecule has 3 rings (SSSR count). The number of amides is 1. The summed E-state index contributed by atoms with van der Waals surface area (Å²) in [7, 11) is 1.56. The molecule has 1 unspecified atom stereocenters. The van der Waals surface area contributed by atoms with Crippen LogP contribution in [0.1, 0.15) is 36.1 Å². The molecule has 2 aromatic carbocycles. The topological polar surface area (TPSA) is 87.1 Å². The Hall–Kier alpha value is -2.83. The molecule has 0 radical (unpaired) electrons. The number of aliphatic hydroxyl groups excluding tert-OH is 1. The van der Waals surface area contributed by atoms with E-state index < -0.39 is 17.7 Å². The van der Waals surface area contributed by atoms with Crippen LogP contribution in [0.2, 0.25) is 5.02 Å². The van der Waals surface area contributed by atoms with Gasteiger partial charge in [0.15, 0.2) is 0 Å². The number of hydrogen-bond acceptors (Lipinski definition) is 5. The number of likely N-dealkylation sites (tertiary alicyclic amines) is 1. The molecule has 1 fully saturated rings. The zero-order valence-electron chi connectivity index (χ0n) is 16.9. The van der Waals surface area contributed by atoms with E-state index in [0.29, 0.717) is 24.2 Å². The molecular formula is C23H24ClNO5. The largest absolute Gasteiger partial charge is 0.507 e. The molecule has 2 aromatic rings. The van der Waals surface area contributed by atoms with E-state index in [2.05, 4.69) is 0 Å². The minimum atomic E-state index is -0.814. The third-order valence-electron chi connectivity index (χ3n) is 5.21. The number of methoxy groups -OCH3 is 1. The fraction of sp³-hybridized carbons (Fsp3) is 0.304. The first-order chi connectivity index (χ1) is 14.4. The van der Waals surface area contributed by atoms with Crippen molar-refractivity contribution in [2.24, 2.45) is 0 Å². The molecule has 7 heteroatoms. The van der Waals surface area contributed by atoms with Gasteiger partial charge in [0, 0.05) is 25.8 Å². The number of Topliss-reactive ketones (excluding diaryl/α,β-unsaturated/α-hetero) is 1. The molecule has 1 saturated heterocycles. The lowest BCUT2D eigenvalue weighted by atomic mass is 9.94. The monoisotopic (exact) mass is 429 g/mol. The number of rotatable bonds is 7. The van der Waals surface area contributed by atoms with E-state index in [1.54, 1.807) is 25.3 Å². The Bertz CT molecular complexity index is 984. The summed E-state index contributed by atoms with van der Waals surface area (Å²) in [4.78, 5) is 27.1. The predicted octanol–water partition coefficient (Wildman–Crippen LogP) is 4.07. The summed E-state index contributed by atoms with van der Waals surface area (Å²) in [5.74, 6) is -1.78. The minimum Gasteiger partial charge on any atom is -0.507 e. The second-order valence-electron chi connectivity index (χ2n) is 7.10. The van der Waals surface area contributed by atoms with Crippen LogP contribution in [-0.4, -0.2) is 47.1 Å². The highest BCUT2D eigenvalue weighted by Gasteiger charge is 2.45. The lowest BCUT2D eigenvalue weighted by Crippen LogP contribution is -2.31. The highest BCUT2D eigenvalue weighted by molar-refractivity contribution is 6.46. The number of phenolic OH excluding ortho intramolecular Hbond substituents is 1. The van der Waals surface area contributed by atoms with Gasteiger partial charge in [-0.2, -0.15) is 0 Å². The number of benzene rings is 2. The predicted molar refractivity (Wildman–Crippen MR) is 114 cm³/mol. The Morgan fingerprint density at radius 2 is 1.87 bits per heavy atom. The lowest BCUT2D eigenvalue weighted by Gasteiger charge is -2.25. The van der Waals surface area contributed by atoms with Gasteiger partial charge in [0.05, 0.1) is 16.6 Å². The Labute approximate surface area is 180 Å². The van der Waals surface area contributed by atoms with Crippen LogP contribution in [0.3, 0.4) is 0 Å².